The van der Waals surface area contributed by atoms with Crippen LogP contribution in [0.25, 0.3) is 0 Å². The van der Waals surface area contributed by atoms with E-state index in [1.807, 2.05) is 0 Å². The van der Waals surface area contributed by atoms with Gasteiger partial charge in [-0.1, -0.05) is 0 Å². The Morgan fingerprint density at radius 2 is 1.39 bits per heavy atom. The van der Waals surface area contributed by atoms with Gasteiger partial charge in [-0.25, -0.2) is 21.1 Å². The highest BCUT2D eigenvalue weighted by Gasteiger charge is 2.28. The fourth-order valence-electron chi connectivity index (χ4n) is 2.19. The number of hydrogen-bond acceptors (Lipinski definition) is 5. The summed E-state index contributed by atoms with van der Waals surface area (Å²) in [5.41, 5.74) is 0. The van der Waals surface area contributed by atoms with E-state index in [1.165, 1.54) is 47.6 Å². The Labute approximate surface area is 136 Å². The van der Waals surface area contributed by atoms with E-state index in [0.717, 1.165) is 4.31 Å². The molecule has 0 bridgehead atoms. The Balaban J connectivity index is 2.23. The predicted octanol–water partition coefficient (Wildman–Crippen LogP) is -0.600. The van der Waals surface area contributed by atoms with Gasteiger partial charge in [-0.15, -0.1) is 0 Å². The average molecular weight is 361 g/mol. The molecular formula is C13H19N3O5S2. The van der Waals surface area contributed by atoms with Crippen LogP contribution in [-0.4, -0.2) is 77.0 Å². The molecule has 1 saturated heterocycles. The van der Waals surface area contributed by atoms with Gasteiger partial charge in [0.05, 0.1) is 9.79 Å². The van der Waals surface area contributed by atoms with Crippen molar-refractivity contribution in [2.75, 3.05) is 40.3 Å². The van der Waals surface area contributed by atoms with Gasteiger partial charge in [-0.05, 0) is 24.3 Å². The van der Waals surface area contributed by atoms with Crippen LogP contribution < -0.4 is 0 Å². The first-order valence-corrected chi connectivity index (χ1v) is 9.79. The first-order chi connectivity index (χ1) is 10.7. The van der Waals surface area contributed by atoms with Crippen molar-refractivity contribution < 1.29 is 21.6 Å². The molecule has 0 radical (unpaired) electrons. The largest absolute Gasteiger partial charge is 0.343 e. The van der Waals surface area contributed by atoms with Crippen LogP contribution in [0.4, 0.5) is 0 Å². The molecule has 1 amide bonds. The van der Waals surface area contributed by atoms with E-state index in [4.69, 9.17) is 0 Å². The van der Waals surface area contributed by atoms with Crippen molar-refractivity contribution in [2.45, 2.75) is 9.79 Å². The van der Waals surface area contributed by atoms with Crippen LogP contribution in [0.1, 0.15) is 0 Å². The van der Waals surface area contributed by atoms with Crippen LogP contribution in [0.5, 0.6) is 0 Å². The fraction of sp³-hybridized carbons (Fsp3) is 0.462. The molecule has 0 atom stereocenters. The summed E-state index contributed by atoms with van der Waals surface area (Å²) in [6, 6.07) is 5.14. The van der Waals surface area contributed by atoms with Crippen molar-refractivity contribution in [1.82, 2.24) is 13.5 Å². The number of benzene rings is 1. The van der Waals surface area contributed by atoms with E-state index in [-0.39, 0.29) is 22.9 Å². The third-order valence-corrected chi connectivity index (χ3v) is 7.40. The molecule has 23 heavy (non-hydrogen) atoms. The Bertz CT molecular complexity index is 764. The van der Waals surface area contributed by atoms with E-state index in [9.17, 15) is 21.6 Å². The minimum absolute atomic E-state index is 0.0345. The molecule has 1 fully saturated rings. The molecule has 1 heterocycles. The van der Waals surface area contributed by atoms with E-state index < -0.39 is 20.0 Å². The lowest BCUT2D eigenvalue weighted by Gasteiger charge is -2.31. The molecule has 8 nitrogen and oxygen atoms in total. The van der Waals surface area contributed by atoms with Gasteiger partial charge in [-0.2, -0.15) is 4.31 Å². The standard InChI is InChI=1S/C13H19N3O5S2/c1-14(2)22(18,19)12-3-5-13(6-4-12)23(20,21)16-9-7-15(11-17)8-10-16/h3-6,11H,7-10H2,1-2H3. The summed E-state index contributed by atoms with van der Waals surface area (Å²) in [4.78, 5) is 12.3. The van der Waals surface area contributed by atoms with E-state index in [0.29, 0.717) is 19.5 Å². The van der Waals surface area contributed by atoms with Crippen LogP contribution >= 0.6 is 0 Å². The second-order valence-corrected chi connectivity index (χ2v) is 9.39. The minimum atomic E-state index is -3.69. The molecule has 1 aromatic rings. The smallest absolute Gasteiger partial charge is 0.243 e. The van der Waals surface area contributed by atoms with Gasteiger partial charge in [0.1, 0.15) is 0 Å². The molecule has 0 unspecified atom stereocenters. The second kappa shape index (κ2) is 6.56. The fourth-order valence-corrected chi connectivity index (χ4v) is 4.52. The lowest BCUT2D eigenvalue weighted by Crippen LogP contribution is -2.47. The van der Waals surface area contributed by atoms with Crippen molar-refractivity contribution in [3.8, 4) is 0 Å². The lowest BCUT2D eigenvalue weighted by atomic mass is 10.4. The molecule has 1 aromatic carbocycles. The molecule has 0 aromatic heterocycles. The molecule has 0 N–H and O–H groups in total. The Hall–Kier alpha value is -1.49. The number of sulfonamides is 2. The van der Waals surface area contributed by atoms with E-state index in [2.05, 4.69) is 0 Å². The summed E-state index contributed by atoms with van der Waals surface area (Å²) in [6.07, 6.45) is 0.699. The van der Waals surface area contributed by atoms with Crippen LogP contribution in [0.2, 0.25) is 0 Å². The highest BCUT2D eigenvalue weighted by Crippen LogP contribution is 2.20. The van der Waals surface area contributed by atoms with Crippen LogP contribution in [0, 0.1) is 0 Å². The van der Waals surface area contributed by atoms with Gasteiger partial charge >= 0.3 is 0 Å². The highest BCUT2D eigenvalue weighted by atomic mass is 32.2. The minimum Gasteiger partial charge on any atom is -0.343 e. The topological polar surface area (TPSA) is 95.1 Å². The number of nitrogens with zero attached hydrogens (tertiary/aromatic N) is 3. The van der Waals surface area contributed by atoms with Gasteiger partial charge in [0, 0.05) is 40.3 Å². The van der Waals surface area contributed by atoms with E-state index >= 15 is 0 Å². The SMILES string of the molecule is CN(C)S(=O)(=O)c1ccc(S(=O)(=O)N2CCN(C=O)CC2)cc1. The average Bonchev–Trinajstić information content (AvgIpc) is 2.54. The maximum atomic E-state index is 12.5. The third-order valence-electron chi connectivity index (χ3n) is 3.66. The Kier molecular flexibility index (Phi) is 5.09. The number of carbonyl (C=O) groups excluding carboxylic acids is 1. The molecular weight excluding hydrogens is 342 g/mol. The number of carbonyl (C=O) groups is 1. The summed E-state index contributed by atoms with van der Waals surface area (Å²) in [6.45, 7) is 1.13. The molecule has 1 aliphatic heterocycles. The molecule has 10 heteroatoms. The zero-order chi connectivity index (χ0) is 17.3. The zero-order valence-electron chi connectivity index (χ0n) is 12.9. The first kappa shape index (κ1) is 17.9. The summed E-state index contributed by atoms with van der Waals surface area (Å²) in [7, 11) is -4.47. The van der Waals surface area contributed by atoms with Gasteiger partial charge in [0.25, 0.3) is 0 Å². The summed E-state index contributed by atoms with van der Waals surface area (Å²) in [5.74, 6) is 0. The molecule has 128 valence electrons. The zero-order valence-corrected chi connectivity index (χ0v) is 14.5. The summed E-state index contributed by atoms with van der Waals surface area (Å²) >= 11 is 0. The molecule has 1 aliphatic rings. The quantitative estimate of drug-likeness (QED) is 0.653. The van der Waals surface area contributed by atoms with Crippen molar-refractivity contribution in [2.24, 2.45) is 0 Å². The molecule has 0 aliphatic carbocycles. The first-order valence-electron chi connectivity index (χ1n) is 6.91. The lowest BCUT2D eigenvalue weighted by molar-refractivity contribution is -0.119. The van der Waals surface area contributed by atoms with Crippen molar-refractivity contribution in [1.29, 1.82) is 0 Å². The van der Waals surface area contributed by atoms with Gasteiger partial charge < -0.3 is 4.90 Å². The normalized spacial score (nSPS) is 17.4. The maximum Gasteiger partial charge on any atom is 0.243 e. The van der Waals surface area contributed by atoms with Gasteiger partial charge in [-0.3, -0.25) is 4.79 Å². The van der Waals surface area contributed by atoms with E-state index in [1.54, 1.807) is 0 Å². The third kappa shape index (κ3) is 3.55. The molecule has 0 saturated carbocycles. The van der Waals surface area contributed by atoms with Crippen molar-refractivity contribution in [3.05, 3.63) is 24.3 Å². The van der Waals surface area contributed by atoms with Gasteiger partial charge in [0.15, 0.2) is 0 Å². The number of amides is 1. The van der Waals surface area contributed by atoms with Crippen LogP contribution in [0.15, 0.2) is 34.1 Å². The number of rotatable bonds is 5. The van der Waals surface area contributed by atoms with Crippen molar-refractivity contribution in [3.63, 3.8) is 0 Å². The van der Waals surface area contributed by atoms with Crippen molar-refractivity contribution >= 4 is 26.5 Å². The molecule has 2 rings (SSSR count). The Morgan fingerprint density at radius 1 is 0.913 bits per heavy atom. The van der Waals surface area contributed by atoms with Crippen LogP contribution in [0.3, 0.4) is 0 Å². The number of piperazine rings is 1. The summed E-state index contributed by atoms with van der Waals surface area (Å²) in [5, 5.41) is 0. The predicted molar refractivity (Wildman–Crippen MR) is 83.7 cm³/mol. The van der Waals surface area contributed by atoms with Crippen LogP contribution in [-0.2, 0) is 24.8 Å². The second-order valence-electron chi connectivity index (χ2n) is 5.30. The highest BCUT2D eigenvalue weighted by molar-refractivity contribution is 7.89. The molecule has 0 spiro atoms. The summed E-state index contributed by atoms with van der Waals surface area (Å²) < 4.78 is 51.4. The maximum absolute atomic E-state index is 12.5. The number of hydrogen-bond donors (Lipinski definition) is 0. The van der Waals surface area contributed by atoms with Gasteiger partial charge in [0.2, 0.25) is 26.5 Å². The monoisotopic (exact) mass is 361 g/mol. The Morgan fingerprint density at radius 3 is 1.83 bits per heavy atom.